The molecule has 0 saturated carbocycles. The van der Waals surface area contributed by atoms with Gasteiger partial charge in [0.2, 0.25) is 0 Å². The van der Waals surface area contributed by atoms with Crippen LogP contribution < -0.4 is 51.4 Å². The van der Waals surface area contributed by atoms with Gasteiger partial charge >= 0.3 is 63.3 Å². The SMILES string of the molecule is CCCCCCC/C=C/CCCCCCCCCCOC(=O)c1cccc(S(=O)(=O)[O-])c1C(=O)OCCCCCCCCCC/C=C/CCCCCCC.[K+]. The minimum Gasteiger partial charge on any atom is -0.744 e. The molecule has 0 radical (unpaired) electrons. The van der Waals surface area contributed by atoms with Crippen molar-refractivity contribution in [3.05, 3.63) is 53.6 Å². The minimum atomic E-state index is -5.02. The first kappa shape index (κ1) is 54.2. The predicted octanol–water partition coefficient (Wildman–Crippen LogP) is 10.8. The number of rotatable bonds is 37. The Balaban J connectivity index is 0.0000292. The van der Waals surface area contributed by atoms with Gasteiger partial charge in [0.15, 0.2) is 0 Å². The van der Waals surface area contributed by atoms with Gasteiger partial charge in [0.1, 0.15) is 10.1 Å². The van der Waals surface area contributed by atoms with Crippen molar-refractivity contribution < 1.29 is 83.4 Å². The Kier molecular flexibility index (Phi) is 38.1. The van der Waals surface area contributed by atoms with Gasteiger partial charge in [-0.05, 0) is 76.3 Å². The summed E-state index contributed by atoms with van der Waals surface area (Å²) >= 11 is 0. The van der Waals surface area contributed by atoms with Crippen LogP contribution in [0.15, 0.2) is 47.4 Å². The molecule has 310 valence electrons. The molecule has 0 aromatic heterocycles. The largest absolute Gasteiger partial charge is 1.00 e. The van der Waals surface area contributed by atoms with Crippen LogP contribution in [0.3, 0.4) is 0 Å². The van der Waals surface area contributed by atoms with Crippen LogP contribution in [0.2, 0.25) is 0 Å². The summed E-state index contributed by atoms with van der Waals surface area (Å²) in [4.78, 5) is 25.2. The number of hydrogen-bond acceptors (Lipinski definition) is 7. The number of benzene rings is 1. The van der Waals surface area contributed by atoms with Crippen molar-refractivity contribution in [2.45, 2.75) is 211 Å². The van der Waals surface area contributed by atoms with E-state index in [-0.39, 0.29) is 70.2 Å². The summed E-state index contributed by atoms with van der Waals surface area (Å²) in [6, 6.07) is 3.62. The first-order chi connectivity index (χ1) is 26.3. The van der Waals surface area contributed by atoms with Crippen LogP contribution in [0.4, 0.5) is 0 Å². The monoisotopic (exact) mass is 813 g/mol. The first-order valence-electron chi connectivity index (χ1n) is 22.1. The molecule has 0 N–H and O–H groups in total. The van der Waals surface area contributed by atoms with E-state index in [0.29, 0.717) is 12.8 Å². The third-order valence-corrected chi connectivity index (χ3v) is 10.9. The quantitative estimate of drug-likeness (QED) is 0.0216. The van der Waals surface area contributed by atoms with E-state index >= 15 is 0 Å². The number of ether oxygens (including phenoxy) is 2. The molecular formula is C46H77KO7S. The molecule has 1 aromatic carbocycles. The fourth-order valence-electron chi connectivity index (χ4n) is 6.65. The molecule has 0 aliphatic heterocycles. The standard InChI is InChI=1S/C46H78O7S.K/c1-3-5-7-9-11-13-15-17-19-21-23-25-27-29-31-33-35-40-52-45(47)42-38-37-39-43(54(49,50)51)44(42)46(48)53-41-36-34-32-30-28-26-24-22-20-18-16-14-12-10-8-6-4-2;/h15-18,37-39H,3-14,19-36,40-41H2,1-2H3,(H,49,50,51);/q;+1/p-1/b17-15+,18-16+;. The summed E-state index contributed by atoms with van der Waals surface area (Å²) in [5, 5.41) is 0. The van der Waals surface area contributed by atoms with Gasteiger partial charge in [-0.15, -0.1) is 0 Å². The summed E-state index contributed by atoms with van der Waals surface area (Å²) in [5.41, 5.74) is -0.783. The molecule has 0 spiro atoms. The second-order valence-electron chi connectivity index (χ2n) is 15.0. The van der Waals surface area contributed by atoms with Crippen LogP contribution in [0.1, 0.15) is 227 Å². The predicted molar refractivity (Wildman–Crippen MR) is 223 cm³/mol. The Labute approximate surface area is 380 Å². The van der Waals surface area contributed by atoms with E-state index in [0.717, 1.165) is 51.0 Å². The number of carbonyl (C=O) groups excluding carboxylic acids is 2. The van der Waals surface area contributed by atoms with E-state index in [2.05, 4.69) is 38.2 Å². The van der Waals surface area contributed by atoms with E-state index < -0.39 is 32.5 Å². The number of esters is 2. The van der Waals surface area contributed by atoms with Crippen molar-refractivity contribution >= 4 is 22.1 Å². The maximum atomic E-state index is 13.0. The van der Waals surface area contributed by atoms with Gasteiger partial charge in [0.05, 0.1) is 29.2 Å². The fraction of sp³-hybridized carbons (Fsp3) is 0.739. The van der Waals surface area contributed by atoms with Crippen LogP contribution in [-0.4, -0.2) is 38.1 Å². The number of carbonyl (C=O) groups is 2. The molecule has 0 amide bonds. The Morgan fingerprint density at radius 2 is 0.836 bits per heavy atom. The van der Waals surface area contributed by atoms with Gasteiger partial charge in [-0.2, -0.15) is 0 Å². The van der Waals surface area contributed by atoms with E-state index in [1.54, 1.807) is 0 Å². The smallest absolute Gasteiger partial charge is 0.744 e. The fourth-order valence-corrected chi connectivity index (χ4v) is 7.34. The molecule has 0 heterocycles. The number of hydrogen-bond donors (Lipinski definition) is 0. The van der Waals surface area contributed by atoms with Crippen molar-refractivity contribution in [1.82, 2.24) is 0 Å². The van der Waals surface area contributed by atoms with E-state index in [1.165, 1.54) is 147 Å². The van der Waals surface area contributed by atoms with Crippen LogP contribution in [0.25, 0.3) is 0 Å². The van der Waals surface area contributed by atoms with Gasteiger partial charge in [-0.25, -0.2) is 18.0 Å². The molecule has 0 aliphatic carbocycles. The summed E-state index contributed by atoms with van der Waals surface area (Å²) in [6.45, 7) is 4.74. The van der Waals surface area contributed by atoms with Gasteiger partial charge in [-0.1, -0.05) is 173 Å². The van der Waals surface area contributed by atoms with E-state index in [1.807, 2.05) is 0 Å². The maximum Gasteiger partial charge on any atom is 1.00 e. The van der Waals surface area contributed by atoms with Crippen molar-refractivity contribution in [3.63, 3.8) is 0 Å². The third-order valence-electron chi connectivity index (χ3n) is 10.00. The molecule has 1 aromatic rings. The molecule has 0 fully saturated rings. The van der Waals surface area contributed by atoms with Crippen LogP contribution in [0.5, 0.6) is 0 Å². The topological polar surface area (TPSA) is 110 Å². The molecule has 0 atom stereocenters. The Morgan fingerprint density at radius 1 is 0.509 bits per heavy atom. The molecule has 55 heavy (non-hydrogen) atoms. The molecule has 9 heteroatoms. The van der Waals surface area contributed by atoms with Gasteiger partial charge in [0.25, 0.3) is 0 Å². The van der Waals surface area contributed by atoms with Crippen molar-refractivity contribution in [2.24, 2.45) is 0 Å². The second kappa shape index (κ2) is 38.7. The number of unbranched alkanes of at least 4 members (excludes halogenated alkanes) is 26. The normalized spacial score (nSPS) is 11.7. The molecule has 7 nitrogen and oxygen atoms in total. The van der Waals surface area contributed by atoms with E-state index in [9.17, 15) is 22.6 Å². The van der Waals surface area contributed by atoms with Crippen molar-refractivity contribution in [2.75, 3.05) is 13.2 Å². The first-order valence-corrected chi connectivity index (χ1v) is 23.5. The van der Waals surface area contributed by atoms with Gasteiger partial charge < -0.3 is 14.0 Å². The summed E-state index contributed by atoms with van der Waals surface area (Å²) in [6.07, 6.45) is 44.6. The molecule has 0 aliphatic rings. The zero-order valence-corrected chi connectivity index (χ0v) is 39.4. The Bertz CT molecular complexity index is 1240. The Hall–Kier alpha value is -0.814. The molecular weight excluding hydrogens is 736 g/mol. The molecule has 0 saturated heterocycles. The molecule has 0 unspecified atom stereocenters. The van der Waals surface area contributed by atoms with Gasteiger partial charge in [0, 0.05) is 0 Å². The zero-order chi connectivity index (χ0) is 39.4. The summed E-state index contributed by atoms with van der Waals surface area (Å²) in [5.74, 6) is -1.82. The van der Waals surface area contributed by atoms with Crippen LogP contribution in [0, 0.1) is 0 Å². The van der Waals surface area contributed by atoms with Crippen LogP contribution in [-0.2, 0) is 19.6 Å². The van der Waals surface area contributed by atoms with Crippen molar-refractivity contribution in [3.8, 4) is 0 Å². The van der Waals surface area contributed by atoms with E-state index in [4.69, 9.17) is 9.47 Å². The van der Waals surface area contributed by atoms with Gasteiger partial charge in [-0.3, -0.25) is 0 Å². The average molecular weight is 813 g/mol. The van der Waals surface area contributed by atoms with Crippen molar-refractivity contribution in [1.29, 1.82) is 0 Å². The summed E-state index contributed by atoms with van der Waals surface area (Å²) in [7, 11) is -5.02. The minimum absolute atomic E-state index is 0. The molecule has 1 rings (SSSR count). The van der Waals surface area contributed by atoms with Crippen LogP contribution >= 0.6 is 0 Å². The summed E-state index contributed by atoms with van der Waals surface area (Å²) < 4.78 is 46.7. The zero-order valence-electron chi connectivity index (χ0n) is 35.4. The molecule has 0 bridgehead atoms. The third kappa shape index (κ3) is 30.9. The second-order valence-corrected chi connectivity index (χ2v) is 16.3. The average Bonchev–Trinajstić information content (AvgIpc) is 3.16. The maximum absolute atomic E-state index is 13.0. The number of allylic oxidation sites excluding steroid dienone is 4. The Morgan fingerprint density at radius 3 is 1.20 bits per heavy atom.